The lowest BCUT2D eigenvalue weighted by molar-refractivity contribution is -0.137. The lowest BCUT2D eigenvalue weighted by Gasteiger charge is -2.06. The molecule has 0 heterocycles. The van der Waals surface area contributed by atoms with Crippen LogP contribution >= 0.6 is 11.6 Å². The number of nitrogens with one attached hydrogen (secondary N) is 2. The highest BCUT2D eigenvalue weighted by Gasteiger charge is 2.10. The van der Waals surface area contributed by atoms with Gasteiger partial charge in [-0.05, 0) is 18.2 Å². The molecule has 2 amide bonds. The highest BCUT2D eigenvalue weighted by atomic mass is 35.5. The third-order valence-corrected chi connectivity index (χ3v) is 2.32. The van der Waals surface area contributed by atoms with Gasteiger partial charge in [-0.3, -0.25) is 14.4 Å². The van der Waals surface area contributed by atoms with Gasteiger partial charge in [0.1, 0.15) is 12.4 Å². The fourth-order valence-electron chi connectivity index (χ4n) is 1.14. The van der Waals surface area contributed by atoms with Gasteiger partial charge in [0, 0.05) is 5.56 Å². The number of rotatable bonds is 5. The van der Waals surface area contributed by atoms with Crippen molar-refractivity contribution in [2.45, 2.75) is 0 Å². The van der Waals surface area contributed by atoms with Gasteiger partial charge < -0.3 is 15.7 Å². The SMILES string of the molecule is O=C(O)CNC(=O)CNC(=O)c1ccc(F)c(Cl)c1. The van der Waals surface area contributed by atoms with Crippen molar-refractivity contribution < 1.29 is 23.9 Å². The summed E-state index contributed by atoms with van der Waals surface area (Å²) in [4.78, 5) is 32.9. The van der Waals surface area contributed by atoms with Crippen molar-refractivity contribution in [3.8, 4) is 0 Å². The van der Waals surface area contributed by atoms with Gasteiger partial charge >= 0.3 is 5.97 Å². The molecule has 8 heteroatoms. The molecule has 0 aliphatic rings. The number of benzene rings is 1. The van der Waals surface area contributed by atoms with Crippen molar-refractivity contribution >= 4 is 29.4 Å². The van der Waals surface area contributed by atoms with Crippen LogP contribution in [0.5, 0.6) is 0 Å². The first kappa shape index (κ1) is 14.9. The van der Waals surface area contributed by atoms with Crippen molar-refractivity contribution in [1.29, 1.82) is 0 Å². The minimum absolute atomic E-state index is 0.0948. The number of halogens is 2. The second kappa shape index (κ2) is 6.69. The van der Waals surface area contributed by atoms with Crippen molar-refractivity contribution in [3.63, 3.8) is 0 Å². The zero-order valence-corrected chi connectivity index (χ0v) is 10.3. The van der Waals surface area contributed by atoms with Gasteiger partial charge in [-0.15, -0.1) is 0 Å². The van der Waals surface area contributed by atoms with Crippen LogP contribution in [0.1, 0.15) is 10.4 Å². The number of carboxylic acid groups (broad SMARTS) is 1. The molecule has 19 heavy (non-hydrogen) atoms. The van der Waals surface area contributed by atoms with E-state index in [1.807, 2.05) is 0 Å². The summed E-state index contributed by atoms with van der Waals surface area (Å²) in [6.07, 6.45) is 0. The van der Waals surface area contributed by atoms with Gasteiger partial charge in [0.15, 0.2) is 0 Å². The van der Waals surface area contributed by atoms with E-state index in [0.29, 0.717) is 0 Å². The zero-order chi connectivity index (χ0) is 14.4. The van der Waals surface area contributed by atoms with E-state index in [4.69, 9.17) is 16.7 Å². The van der Waals surface area contributed by atoms with Crippen LogP contribution in [0, 0.1) is 5.82 Å². The van der Waals surface area contributed by atoms with Gasteiger partial charge in [-0.2, -0.15) is 0 Å². The summed E-state index contributed by atoms with van der Waals surface area (Å²) in [6.45, 7) is -0.918. The van der Waals surface area contributed by atoms with Gasteiger partial charge in [0.25, 0.3) is 5.91 Å². The first-order chi connectivity index (χ1) is 8.90. The molecule has 0 radical (unpaired) electrons. The third-order valence-electron chi connectivity index (χ3n) is 2.03. The predicted octanol–water partition coefficient (Wildman–Crippen LogP) is 0.410. The van der Waals surface area contributed by atoms with Crippen LogP contribution in [0.25, 0.3) is 0 Å². The highest BCUT2D eigenvalue weighted by Crippen LogP contribution is 2.15. The fourth-order valence-corrected chi connectivity index (χ4v) is 1.32. The van der Waals surface area contributed by atoms with Gasteiger partial charge in [0.2, 0.25) is 5.91 Å². The van der Waals surface area contributed by atoms with E-state index in [1.54, 1.807) is 0 Å². The number of carboxylic acids is 1. The van der Waals surface area contributed by atoms with Crippen molar-refractivity contribution in [2.24, 2.45) is 0 Å². The number of aliphatic carboxylic acids is 1. The Balaban J connectivity index is 2.49. The number of carbonyl (C=O) groups is 3. The van der Waals surface area contributed by atoms with Crippen molar-refractivity contribution in [1.82, 2.24) is 10.6 Å². The smallest absolute Gasteiger partial charge is 0.322 e. The molecular weight excluding hydrogens is 279 g/mol. The Morgan fingerprint density at radius 2 is 1.89 bits per heavy atom. The van der Waals surface area contributed by atoms with Crippen LogP contribution in [0.3, 0.4) is 0 Å². The van der Waals surface area contributed by atoms with E-state index < -0.39 is 30.1 Å². The van der Waals surface area contributed by atoms with Crippen LogP contribution in [0.2, 0.25) is 5.02 Å². The second-order valence-corrected chi connectivity index (χ2v) is 3.89. The third kappa shape index (κ3) is 4.92. The summed E-state index contributed by atoms with van der Waals surface area (Å²) in [5.41, 5.74) is 0.0948. The van der Waals surface area contributed by atoms with Crippen LogP contribution < -0.4 is 10.6 Å². The summed E-state index contributed by atoms with van der Waals surface area (Å²) in [5, 5.41) is 12.4. The molecule has 0 saturated heterocycles. The number of carbonyl (C=O) groups excluding carboxylic acids is 2. The minimum Gasteiger partial charge on any atom is -0.480 e. The van der Waals surface area contributed by atoms with E-state index >= 15 is 0 Å². The van der Waals surface area contributed by atoms with Crippen molar-refractivity contribution in [3.05, 3.63) is 34.6 Å². The zero-order valence-electron chi connectivity index (χ0n) is 9.57. The standard InChI is InChI=1S/C11H10ClFN2O4/c12-7-3-6(1-2-8(7)13)11(19)15-4-9(16)14-5-10(17)18/h1-3H,4-5H2,(H,14,16)(H,15,19)(H,17,18). The lowest BCUT2D eigenvalue weighted by Crippen LogP contribution is -2.39. The predicted molar refractivity (Wildman–Crippen MR) is 64.4 cm³/mol. The Hall–Kier alpha value is -2.15. The summed E-state index contributed by atoms with van der Waals surface area (Å²) < 4.78 is 12.9. The molecule has 0 aliphatic carbocycles. The quantitative estimate of drug-likeness (QED) is 0.731. The van der Waals surface area contributed by atoms with Crippen LogP contribution in [-0.4, -0.2) is 36.0 Å². The molecular formula is C11H10ClFN2O4. The molecule has 3 N–H and O–H groups in total. The lowest BCUT2D eigenvalue weighted by atomic mass is 10.2. The maximum atomic E-state index is 12.9. The maximum absolute atomic E-state index is 12.9. The van der Waals surface area contributed by atoms with Gasteiger partial charge in [-0.25, -0.2) is 4.39 Å². The molecule has 0 atom stereocenters. The first-order valence-corrected chi connectivity index (χ1v) is 5.49. The average Bonchev–Trinajstić information content (AvgIpc) is 2.36. The summed E-state index contributed by atoms with van der Waals surface area (Å²) in [5.74, 6) is -3.11. The largest absolute Gasteiger partial charge is 0.480 e. The molecule has 102 valence electrons. The van der Waals surface area contributed by atoms with E-state index in [1.165, 1.54) is 6.07 Å². The Labute approximate surface area is 112 Å². The average molecular weight is 289 g/mol. The van der Waals surface area contributed by atoms with Gasteiger partial charge in [-0.1, -0.05) is 11.6 Å². The van der Waals surface area contributed by atoms with E-state index in [-0.39, 0.29) is 17.1 Å². The Morgan fingerprint density at radius 1 is 1.21 bits per heavy atom. The first-order valence-electron chi connectivity index (χ1n) is 5.12. The fraction of sp³-hybridized carbons (Fsp3) is 0.182. The Morgan fingerprint density at radius 3 is 2.47 bits per heavy atom. The van der Waals surface area contributed by atoms with E-state index in [0.717, 1.165) is 12.1 Å². The van der Waals surface area contributed by atoms with Crippen LogP contribution in [0.4, 0.5) is 4.39 Å². The molecule has 0 saturated carbocycles. The topological polar surface area (TPSA) is 95.5 Å². The molecule has 0 fully saturated rings. The van der Waals surface area contributed by atoms with Crippen molar-refractivity contribution in [2.75, 3.05) is 13.1 Å². The summed E-state index contributed by atoms with van der Waals surface area (Å²) in [6, 6.07) is 3.37. The maximum Gasteiger partial charge on any atom is 0.322 e. The Kier molecular flexibility index (Phi) is 5.25. The van der Waals surface area contributed by atoms with Gasteiger partial charge in [0.05, 0.1) is 11.6 Å². The molecule has 1 aromatic carbocycles. The monoisotopic (exact) mass is 288 g/mol. The summed E-state index contributed by atoms with van der Waals surface area (Å²) >= 11 is 5.51. The Bertz CT molecular complexity index is 521. The van der Waals surface area contributed by atoms with E-state index in [9.17, 15) is 18.8 Å². The minimum atomic E-state index is -1.19. The molecule has 0 unspecified atom stereocenters. The molecule has 1 aromatic rings. The molecule has 0 spiro atoms. The normalized spacial score (nSPS) is 9.79. The van der Waals surface area contributed by atoms with Crippen LogP contribution in [0.15, 0.2) is 18.2 Å². The molecule has 0 aromatic heterocycles. The number of hydrogen-bond acceptors (Lipinski definition) is 3. The number of hydrogen-bond donors (Lipinski definition) is 3. The number of amides is 2. The van der Waals surface area contributed by atoms with E-state index in [2.05, 4.69) is 10.6 Å². The second-order valence-electron chi connectivity index (χ2n) is 3.48. The molecule has 0 bridgehead atoms. The molecule has 1 rings (SSSR count). The summed E-state index contributed by atoms with van der Waals surface area (Å²) in [7, 11) is 0. The molecule has 6 nitrogen and oxygen atoms in total. The highest BCUT2D eigenvalue weighted by molar-refractivity contribution is 6.31. The molecule has 0 aliphatic heterocycles. The van der Waals surface area contributed by atoms with Crippen LogP contribution in [-0.2, 0) is 9.59 Å².